The van der Waals surface area contributed by atoms with Gasteiger partial charge in [0.1, 0.15) is 13.2 Å². The highest BCUT2D eigenvalue weighted by atomic mass is 127. The van der Waals surface area contributed by atoms with Crippen molar-refractivity contribution in [1.29, 1.82) is 0 Å². The van der Waals surface area contributed by atoms with Crippen LogP contribution < -0.4 is 14.8 Å². The molecule has 1 aliphatic heterocycles. The highest BCUT2D eigenvalue weighted by Crippen LogP contribution is 2.37. The number of anilines is 1. The summed E-state index contributed by atoms with van der Waals surface area (Å²) in [5.41, 5.74) is 2.89. The Kier molecular flexibility index (Phi) is 5.53. The normalized spacial score (nSPS) is 12.3. The van der Waals surface area contributed by atoms with E-state index in [9.17, 15) is 9.59 Å². The Balaban J connectivity index is 1.75. The van der Waals surface area contributed by atoms with Crippen LogP contribution >= 0.6 is 22.6 Å². The minimum Gasteiger partial charge on any atom is -0.486 e. The second-order valence-corrected chi connectivity index (χ2v) is 7.83. The van der Waals surface area contributed by atoms with Crippen molar-refractivity contribution in [2.45, 2.75) is 6.92 Å². The van der Waals surface area contributed by atoms with Crippen LogP contribution in [0.4, 0.5) is 5.69 Å². The molecule has 1 N–H and O–H groups in total. The van der Waals surface area contributed by atoms with Gasteiger partial charge in [0.15, 0.2) is 17.3 Å². The second-order valence-electron chi connectivity index (χ2n) is 6.67. The lowest BCUT2D eigenvalue weighted by Crippen LogP contribution is -2.19. The predicted molar refractivity (Wildman–Crippen MR) is 119 cm³/mol. The highest BCUT2D eigenvalue weighted by molar-refractivity contribution is 14.1. The number of carbonyl (C=O) groups is 2. The highest BCUT2D eigenvalue weighted by Gasteiger charge is 2.22. The molecule has 0 unspecified atom stereocenters. The average Bonchev–Trinajstić information content (AvgIpc) is 2.73. The first-order valence-electron chi connectivity index (χ1n) is 9.14. The van der Waals surface area contributed by atoms with Crippen LogP contribution in [-0.4, -0.2) is 24.9 Å². The van der Waals surface area contributed by atoms with Gasteiger partial charge in [0.25, 0.3) is 5.91 Å². The van der Waals surface area contributed by atoms with Gasteiger partial charge in [-0.25, -0.2) is 0 Å². The Morgan fingerprint density at radius 1 is 0.897 bits per heavy atom. The van der Waals surface area contributed by atoms with Crippen LogP contribution in [0.25, 0.3) is 0 Å². The van der Waals surface area contributed by atoms with Gasteiger partial charge in [-0.2, -0.15) is 0 Å². The van der Waals surface area contributed by atoms with Crippen molar-refractivity contribution in [2.75, 3.05) is 18.5 Å². The Hall–Kier alpha value is -2.87. The first kappa shape index (κ1) is 19.4. The number of ether oxygens (including phenoxy) is 2. The van der Waals surface area contributed by atoms with Crippen molar-refractivity contribution >= 4 is 40.0 Å². The zero-order valence-corrected chi connectivity index (χ0v) is 17.9. The van der Waals surface area contributed by atoms with Gasteiger partial charge in [0.05, 0.1) is 16.8 Å². The predicted octanol–water partition coefficient (Wildman–Crippen LogP) is 4.85. The summed E-state index contributed by atoms with van der Waals surface area (Å²) >= 11 is 2.11. The number of hydrogen-bond acceptors (Lipinski definition) is 4. The van der Waals surface area contributed by atoms with Crippen LogP contribution in [0.5, 0.6) is 11.5 Å². The molecule has 6 heteroatoms. The molecule has 0 fully saturated rings. The molecule has 146 valence electrons. The summed E-state index contributed by atoms with van der Waals surface area (Å²) in [4.78, 5) is 26.1. The lowest BCUT2D eigenvalue weighted by Gasteiger charge is -2.21. The van der Waals surface area contributed by atoms with E-state index in [0.717, 1.165) is 9.13 Å². The van der Waals surface area contributed by atoms with Crippen LogP contribution in [0.15, 0.2) is 60.7 Å². The van der Waals surface area contributed by atoms with Crippen molar-refractivity contribution in [3.8, 4) is 11.5 Å². The van der Waals surface area contributed by atoms with E-state index in [1.807, 2.05) is 31.2 Å². The monoisotopic (exact) mass is 499 g/mol. The Bertz CT molecular complexity index is 1090. The second kappa shape index (κ2) is 8.24. The molecule has 29 heavy (non-hydrogen) atoms. The quantitative estimate of drug-likeness (QED) is 0.412. The van der Waals surface area contributed by atoms with E-state index in [-0.39, 0.29) is 11.7 Å². The fraction of sp³-hybridized carbons (Fsp3) is 0.130. The number of ketones is 1. The summed E-state index contributed by atoms with van der Waals surface area (Å²) in [6.45, 7) is 2.80. The van der Waals surface area contributed by atoms with E-state index in [2.05, 4.69) is 27.9 Å². The van der Waals surface area contributed by atoms with Crippen LogP contribution in [0.3, 0.4) is 0 Å². The van der Waals surface area contributed by atoms with E-state index in [1.54, 1.807) is 36.4 Å². The molecule has 0 saturated heterocycles. The van der Waals surface area contributed by atoms with E-state index >= 15 is 0 Å². The van der Waals surface area contributed by atoms with E-state index in [1.165, 1.54) is 0 Å². The lowest BCUT2D eigenvalue weighted by molar-refractivity contribution is 0.102. The summed E-state index contributed by atoms with van der Waals surface area (Å²) < 4.78 is 12.1. The summed E-state index contributed by atoms with van der Waals surface area (Å²) in [6.07, 6.45) is 0. The Morgan fingerprint density at radius 2 is 1.55 bits per heavy atom. The maximum Gasteiger partial charge on any atom is 0.256 e. The molecule has 5 nitrogen and oxygen atoms in total. The molecule has 0 radical (unpaired) electrons. The van der Waals surface area contributed by atoms with E-state index in [0.29, 0.717) is 47.1 Å². The molecule has 0 aromatic heterocycles. The van der Waals surface area contributed by atoms with Crippen molar-refractivity contribution in [2.24, 2.45) is 0 Å². The molecule has 0 atom stereocenters. The molecule has 3 aromatic carbocycles. The van der Waals surface area contributed by atoms with Crippen molar-refractivity contribution in [1.82, 2.24) is 0 Å². The van der Waals surface area contributed by atoms with Crippen LogP contribution in [0.1, 0.15) is 31.8 Å². The Morgan fingerprint density at radius 3 is 2.24 bits per heavy atom. The van der Waals surface area contributed by atoms with Crippen LogP contribution in [0.2, 0.25) is 0 Å². The molecule has 4 rings (SSSR count). The number of halogens is 1. The third-order valence-electron chi connectivity index (χ3n) is 4.61. The molecule has 1 amide bonds. The van der Waals surface area contributed by atoms with Gasteiger partial charge >= 0.3 is 0 Å². The largest absolute Gasteiger partial charge is 0.486 e. The van der Waals surface area contributed by atoms with Gasteiger partial charge in [0, 0.05) is 15.2 Å². The lowest BCUT2D eigenvalue weighted by atomic mass is 9.99. The Labute approximate surface area is 182 Å². The summed E-state index contributed by atoms with van der Waals surface area (Å²) in [5, 5.41) is 2.88. The van der Waals surface area contributed by atoms with Gasteiger partial charge in [0.2, 0.25) is 0 Å². The fourth-order valence-corrected chi connectivity index (χ4v) is 3.71. The number of carbonyl (C=O) groups excluding carboxylic acids is 2. The van der Waals surface area contributed by atoms with Gasteiger partial charge in [-0.3, -0.25) is 9.59 Å². The van der Waals surface area contributed by atoms with Crippen LogP contribution in [-0.2, 0) is 0 Å². The summed E-state index contributed by atoms with van der Waals surface area (Å²) in [7, 11) is 0. The van der Waals surface area contributed by atoms with Crippen molar-refractivity contribution in [3.63, 3.8) is 0 Å². The average molecular weight is 499 g/mol. The number of aryl methyl sites for hydroxylation is 1. The SMILES string of the molecule is Cc1ccc(C(=O)c2cc3c(cc2NC(=O)c2ccccc2I)OCCO3)cc1. The molecule has 1 aliphatic rings. The fourth-order valence-electron chi connectivity index (χ4n) is 3.08. The van der Waals surface area contributed by atoms with Gasteiger partial charge in [-0.1, -0.05) is 42.0 Å². The number of hydrogen-bond donors (Lipinski definition) is 1. The van der Waals surface area contributed by atoms with Gasteiger partial charge in [-0.15, -0.1) is 0 Å². The third-order valence-corrected chi connectivity index (χ3v) is 5.55. The van der Waals surface area contributed by atoms with Gasteiger partial charge in [-0.05, 0) is 47.7 Å². The zero-order chi connectivity index (χ0) is 20.4. The number of benzene rings is 3. The summed E-state index contributed by atoms with van der Waals surface area (Å²) in [5.74, 6) is 0.526. The molecular weight excluding hydrogens is 481 g/mol. The maximum absolute atomic E-state index is 13.2. The minimum atomic E-state index is -0.287. The third kappa shape index (κ3) is 4.12. The topological polar surface area (TPSA) is 64.6 Å². The first-order chi connectivity index (χ1) is 14.0. The van der Waals surface area contributed by atoms with E-state index < -0.39 is 0 Å². The standard InChI is InChI=1S/C23H18INO4/c1-14-6-8-15(9-7-14)22(26)17-12-20-21(29-11-10-28-20)13-19(17)25-23(27)16-4-2-3-5-18(16)24/h2-9,12-13H,10-11H2,1H3,(H,25,27). The molecule has 0 spiro atoms. The maximum atomic E-state index is 13.2. The van der Waals surface area contributed by atoms with E-state index in [4.69, 9.17) is 9.47 Å². The number of nitrogens with one attached hydrogen (secondary N) is 1. The molecule has 3 aromatic rings. The molecule has 0 aliphatic carbocycles. The number of amides is 1. The zero-order valence-electron chi connectivity index (χ0n) is 15.7. The molecular formula is C23H18INO4. The molecule has 1 heterocycles. The number of rotatable bonds is 4. The smallest absolute Gasteiger partial charge is 0.256 e. The minimum absolute atomic E-state index is 0.194. The van der Waals surface area contributed by atoms with Crippen LogP contribution in [0, 0.1) is 10.5 Å². The van der Waals surface area contributed by atoms with Crippen molar-refractivity contribution < 1.29 is 19.1 Å². The number of fused-ring (bicyclic) bond motifs is 1. The summed E-state index contributed by atoms with van der Waals surface area (Å²) in [6, 6.07) is 17.9. The van der Waals surface area contributed by atoms with Crippen molar-refractivity contribution in [3.05, 3.63) is 86.5 Å². The molecule has 0 bridgehead atoms. The molecule has 0 saturated carbocycles. The first-order valence-corrected chi connectivity index (χ1v) is 10.2. The van der Waals surface area contributed by atoms with Gasteiger partial charge < -0.3 is 14.8 Å².